The van der Waals surface area contributed by atoms with Gasteiger partial charge in [-0.3, -0.25) is 4.79 Å². The maximum atomic E-state index is 12.7. The van der Waals surface area contributed by atoms with E-state index in [2.05, 4.69) is 10.6 Å². The van der Waals surface area contributed by atoms with Crippen LogP contribution in [0.1, 0.15) is 6.42 Å². The highest BCUT2D eigenvalue weighted by atomic mass is 19.1. The van der Waals surface area contributed by atoms with Crippen molar-refractivity contribution < 1.29 is 18.7 Å². The molecule has 6 heteroatoms. The maximum absolute atomic E-state index is 12.7. The van der Waals surface area contributed by atoms with Crippen molar-refractivity contribution in [3.8, 4) is 0 Å². The van der Waals surface area contributed by atoms with Crippen LogP contribution in [0.4, 0.5) is 10.1 Å². The first-order valence-electron chi connectivity index (χ1n) is 6.55. The average molecular weight is 284 g/mol. The first-order chi connectivity index (χ1) is 9.72. The number of carbonyl (C=O) groups excluding carboxylic acids is 1. The lowest BCUT2D eigenvalue weighted by molar-refractivity contribution is -0.115. The summed E-state index contributed by atoms with van der Waals surface area (Å²) < 4.78 is 22.8. The lowest BCUT2D eigenvalue weighted by Gasteiger charge is -2.07. The average Bonchev–Trinajstić information content (AvgIpc) is 2.44. The molecular weight excluding hydrogens is 263 g/mol. The highest BCUT2D eigenvalue weighted by molar-refractivity contribution is 5.92. The maximum Gasteiger partial charge on any atom is 0.238 e. The van der Waals surface area contributed by atoms with Gasteiger partial charge in [0.25, 0.3) is 0 Å². The van der Waals surface area contributed by atoms with E-state index in [9.17, 15) is 9.18 Å². The molecule has 0 aromatic heterocycles. The van der Waals surface area contributed by atoms with E-state index in [0.29, 0.717) is 32.1 Å². The Morgan fingerprint density at radius 3 is 2.65 bits per heavy atom. The van der Waals surface area contributed by atoms with Gasteiger partial charge in [0.1, 0.15) is 5.82 Å². The number of halogens is 1. The Balaban J connectivity index is 2.01. The predicted octanol–water partition coefficient (Wildman–Crippen LogP) is 1.41. The van der Waals surface area contributed by atoms with Crippen LogP contribution in [0.3, 0.4) is 0 Å². The van der Waals surface area contributed by atoms with Crippen molar-refractivity contribution >= 4 is 11.6 Å². The molecule has 1 amide bonds. The second kappa shape index (κ2) is 10.3. The van der Waals surface area contributed by atoms with Gasteiger partial charge in [0.15, 0.2) is 0 Å². The number of nitrogens with one attached hydrogen (secondary N) is 2. The van der Waals surface area contributed by atoms with Gasteiger partial charge in [0, 0.05) is 19.4 Å². The molecule has 0 heterocycles. The minimum absolute atomic E-state index is 0.156. The second-order valence-electron chi connectivity index (χ2n) is 4.19. The number of ether oxygens (including phenoxy) is 2. The van der Waals surface area contributed by atoms with Gasteiger partial charge in [0.05, 0.1) is 19.8 Å². The van der Waals surface area contributed by atoms with Gasteiger partial charge < -0.3 is 20.1 Å². The molecule has 0 atom stereocenters. The number of amides is 1. The molecule has 112 valence electrons. The Kier molecular flexibility index (Phi) is 8.53. The monoisotopic (exact) mass is 284 g/mol. The van der Waals surface area contributed by atoms with Gasteiger partial charge in [-0.2, -0.15) is 0 Å². The molecule has 0 aliphatic heterocycles. The molecule has 20 heavy (non-hydrogen) atoms. The zero-order chi connectivity index (χ0) is 14.6. The van der Waals surface area contributed by atoms with Crippen LogP contribution in [-0.2, 0) is 14.3 Å². The molecule has 0 unspecified atom stereocenters. The van der Waals surface area contributed by atoms with Gasteiger partial charge in [-0.15, -0.1) is 0 Å². The molecule has 0 radical (unpaired) electrons. The number of benzene rings is 1. The molecule has 5 nitrogen and oxygen atoms in total. The Hall–Kier alpha value is -1.50. The van der Waals surface area contributed by atoms with Crippen molar-refractivity contribution in [2.45, 2.75) is 6.42 Å². The van der Waals surface area contributed by atoms with E-state index in [-0.39, 0.29) is 18.3 Å². The summed E-state index contributed by atoms with van der Waals surface area (Å²) >= 11 is 0. The van der Waals surface area contributed by atoms with Crippen molar-refractivity contribution in [3.05, 3.63) is 30.1 Å². The van der Waals surface area contributed by atoms with Crippen molar-refractivity contribution in [3.63, 3.8) is 0 Å². The van der Waals surface area contributed by atoms with Crippen molar-refractivity contribution in [2.24, 2.45) is 0 Å². The van der Waals surface area contributed by atoms with E-state index in [1.54, 1.807) is 7.11 Å². The number of methoxy groups -OCH3 is 1. The third-order valence-corrected chi connectivity index (χ3v) is 2.49. The van der Waals surface area contributed by atoms with Gasteiger partial charge in [-0.25, -0.2) is 4.39 Å². The number of rotatable bonds is 10. The smallest absolute Gasteiger partial charge is 0.238 e. The summed E-state index contributed by atoms with van der Waals surface area (Å²) in [7, 11) is 1.63. The highest BCUT2D eigenvalue weighted by Crippen LogP contribution is 2.07. The van der Waals surface area contributed by atoms with Gasteiger partial charge >= 0.3 is 0 Å². The van der Waals surface area contributed by atoms with Crippen LogP contribution in [0, 0.1) is 5.82 Å². The Morgan fingerprint density at radius 2 is 1.95 bits per heavy atom. The lowest BCUT2D eigenvalue weighted by Crippen LogP contribution is -2.29. The molecule has 0 spiro atoms. The van der Waals surface area contributed by atoms with Crippen LogP contribution < -0.4 is 10.6 Å². The topological polar surface area (TPSA) is 59.6 Å². The van der Waals surface area contributed by atoms with Crippen LogP contribution in [0.25, 0.3) is 0 Å². The summed E-state index contributed by atoms with van der Waals surface area (Å²) in [5, 5.41) is 5.68. The zero-order valence-corrected chi connectivity index (χ0v) is 11.7. The van der Waals surface area contributed by atoms with Crippen molar-refractivity contribution in [1.82, 2.24) is 5.32 Å². The first-order valence-corrected chi connectivity index (χ1v) is 6.55. The SMILES string of the molecule is COCCOCCCNCC(=O)Nc1ccc(F)cc1. The first kappa shape index (κ1) is 16.6. The van der Waals surface area contributed by atoms with E-state index in [1.165, 1.54) is 24.3 Å². The molecule has 0 aliphatic rings. The van der Waals surface area contributed by atoms with Crippen LogP contribution in [0.15, 0.2) is 24.3 Å². The molecule has 0 aliphatic carbocycles. The summed E-state index contributed by atoms with van der Waals surface area (Å²) in [5.74, 6) is -0.480. The van der Waals surface area contributed by atoms with Gasteiger partial charge in [0.2, 0.25) is 5.91 Å². The number of hydrogen-bond donors (Lipinski definition) is 2. The van der Waals surface area contributed by atoms with E-state index >= 15 is 0 Å². The molecule has 1 aromatic carbocycles. The molecule has 2 N–H and O–H groups in total. The summed E-state index contributed by atoms with van der Waals surface area (Å²) in [6.07, 6.45) is 0.827. The fourth-order valence-electron chi connectivity index (χ4n) is 1.48. The van der Waals surface area contributed by atoms with Gasteiger partial charge in [-0.1, -0.05) is 0 Å². The van der Waals surface area contributed by atoms with Crippen LogP contribution in [0.2, 0.25) is 0 Å². The standard InChI is InChI=1S/C14H21FN2O3/c1-19-9-10-20-8-2-7-16-11-14(18)17-13-5-3-12(15)4-6-13/h3-6,16H,2,7-11H2,1H3,(H,17,18). The fraction of sp³-hybridized carbons (Fsp3) is 0.500. The summed E-state index contributed by atoms with van der Waals surface area (Å²) in [6.45, 7) is 2.73. The number of anilines is 1. The fourth-order valence-corrected chi connectivity index (χ4v) is 1.48. The molecule has 0 saturated heterocycles. The predicted molar refractivity (Wildman–Crippen MR) is 75.2 cm³/mol. The summed E-state index contributed by atoms with van der Waals surface area (Å²) in [6, 6.07) is 5.66. The zero-order valence-electron chi connectivity index (χ0n) is 11.7. The van der Waals surface area contributed by atoms with Crippen LogP contribution >= 0.6 is 0 Å². The molecular formula is C14H21FN2O3. The molecule has 1 aromatic rings. The third-order valence-electron chi connectivity index (χ3n) is 2.49. The van der Waals surface area contributed by atoms with Crippen molar-refractivity contribution in [2.75, 3.05) is 45.3 Å². The highest BCUT2D eigenvalue weighted by Gasteiger charge is 2.01. The minimum atomic E-state index is -0.324. The molecule has 0 bridgehead atoms. The lowest BCUT2D eigenvalue weighted by atomic mass is 10.3. The summed E-state index contributed by atoms with van der Waals surface area (Å²) in [4.78, 5) is 11.6. The third kappa shape index (κ3) is 7.83. The van der Waals surface area contributed by atoms with Crippen LogP contribution in [-0.4, -0.2) is 45.9 Å². The van der Waals surface area contributed by atoms with E-state index in [0.717, 1.165) is 6.42 Å². The largest absolute Gasteiger partial charge is 0.382 e. The van der Waals surface area contributed by atoms with Crippen LogP contribution in [0.5, 0.6) is 0 Å². The van der Waals surface area contributed by atoms with E-state index < -0.39 is 0 Å². The quantitative estimate of drug-likeness (QED) is 0.638. The molecule has 0 saturated carbocycles. The minimum Gasteiger partial charge on any atom is -0.382 e. The summed E-state index contributed by atoms with van der Waals surface area (Å²) in [5.41, 5.74) is 0.584. The second-order valence-corrected chi connectivity index (χ2v) is 4.19. The Bertz CT molecular complexity index is 385. The molecule has 1 rings (SSSR count). The van der Waals surface area contributed by atoms with E-state index in [1.807, 2.05) is 0 Å². The molecule has 0 fully saturated rings. The number of hydrogen-bond acceptors (Lipinski definition) is 4. The van der Waals surface area contributed by atoms with E-state index in [4.69, 9.17) is 9.47 Å². The Morgan fingerprint density at radius 1 is 1.20 bits per heavy atom. The Labute approximate surface area is 118 Å². The normalized spacial score (nSPS) is 10.5. The van der Waals surface area contributed by atoms with Crippen molar-refractivity contribution in [1.29, 1.82) is 0 Å². The number of carbonyl (C=O) groups is 1. The van der Waals surface area contributed by atoms with Gasteiger partial charge in [-0.05, 0) is 37.2 Å².